The van der Waals surface area contributed by atoms with E-state index >= 15 is 0 Å². The number of rotatable bonds is 15. The van der Waals surface area contributed by atoms with Gasteiger partial charge in [-0.1, -0.05) is 30.3 Å². The zero-order valence-corrected chi connectivity index (χ0v) is 18.8. The number of carboxylic acids is 1. The lowest BCUT2D eigenvalue weighted by Gasteiger charge is -2.24. The Balaban J connectivity index is 2.96. The monoisotopic (exact) mass is 455 g/mol. The van der Waals surface area contributed by atoms with Gasteiger partial charge in [0.25, 0.3) is 0 Å². The lowest BCUT2D eigenvalue weighted by Crippen LogP contribution is -2.56. The van der Waals surface area contributed by atoms with E-state index in [1.807, 2.05) is 42.8 Å². The number of aliphatic carboxylic acids is 1. The molecule has 30 heavy (non-hydrogen) atoms. The van der Waals surface area contributed by atoms with Gasteiger partial charge in [0.1, 0.15) is 18.1 Å². The second kappa shape index (κ2) is 14.7. The molecule has 0 aliphatic heterocycles. The van der Waals surface area contributed by atoms with Crippen LogP contribution in [0, 0.1) is 0 Å². The lowest BCUT2D eigenvalue weighted by atomic mass is 10.0. The molecule has 1 rings (SSSR count). The van der Waals surface area contributed by atoms with E-state index in [0.717, 1.165) is 5.56 Å². The Hall–Kier alpha value is -2.20. The van der Waals surface area contributed by atoms with Crippen LogP contribution in [0.2, 0.25) is 0 Å². The van der Waals surface area contributed by atoms with Gasteiger partial charge in [-0.2, -0.15) is 23.5 Å². The third-order valence-electron chi connectivity index (χ3n) is 4.34. The highest BCUT2D eigenvalue weighted by Crippen LogP contribution is 2.07. The van der Waals surface area contributed by atoms with Crippen LogP contribution in [-0.2, 0) is 25.6 Å². The number of nitrogens with one attached hydrogen (secondary N) is 3. The van der Waals surface area contributed by atoms with E-state index < -0.39 is 35.9 Å². The third kappa shape index (κ3) is 9.53. The summed E-state index contributed by atoms with van der Waals surface area (Å²) in [7, 11) is 0. The van der Waals surface area contributed by atoms with Crippen molar-refractivity contribution in [3.63, 3.8) is 0 Å². The second-order valence-electron chi connectivity index (χ2n) is 6.55. The van der Waals surface area contributed by atoms with Crippen LogP contribution in [-0.4, -0.2) is 71.4 Å². The van der Waals surface area contributed by atoms with Crippen LogP contribution in [0.15, 0.2) is 30.3 Å². The first-order chi connectivity index (χ1) is 14.4. The molecule has 3 amide bonds. The number of carbonyl (C=O) groups is 4. The van der Waals surface area contributed by atoms with Crippen LogP contribution in [0.4, 0.5) is 0 Å². The molecule has 0 aromatic heterocycles. The summed E-state index contributed by atoms with van der Waals surface area (Å²) in [6.45, 7) is 0. The van der Waals surface area contributed by atoms with Gasteiger partial charge in [0.05, 0.1) is 0 Å². The van der Waals surface area contributed by atoms with Gasteiger partial charge in [0.15, 0.2) is 0 Å². The van der Waals surface area contributed by atoms with Crippen molar-refractivity contribution in [2.75, 3.05) is 24.0 Å². The minimum absolute atomic E-state index is 0.198. The van der Waals surface area contributed by atoms with Gasteiger partial charge >= 0.3 is 5.97 Å². The van der Waals surface area contributed by atoms with Crippen molar-refractivity contribution in [3.8, 4) is 0 Å². The van der Waals surface area contributed by atoms with E-state index in [1.165, 1.54) is 23.5 Å². The maximum absolute atomic E-state index is 12.9. The molecule has 1 aromatic rings. The molecule has 0 radical (unpaired) electrons. The molecular weight excluding hydrogens is 426 g/mol. The van der Waals surface area contributed by atoms with E-state index in [9.17, 15) is 24.3 Å². The largest absolute Gasteiger partial charge is 0.480 e. The zero-order chi connectivity index (χ0) is 22.4. The molecule has 0 aliphatic carbocycles. The first-order valence-corrected chi connectivity index (χ1v) is 12.3. The van der Waals surface area contributed by atoms with E-state index in [1.54, 1.807) is 0 Å². The predicted molar refractivity (Wildman–Crippen MR) is 121 cm³/mol. The summed E-state index contributed by atoms with van der Waals surface area (Å²) in [6.07, 6.45) is 5.09. The van der Waals surface area contributed by atoms with Gasteiger partial charge in [0, 0.05) is 6.42 Å². The first kappa shape index (κ1) is 25.8. The van der Waals surface area contributed by atoms with E-state index in [4.69, 9.17) is 0 Å². The summed E-state index contributed by atoms with van der Waals surface area (Å²) in [6, 6.07) is 6.34. The fraction of sp³-hybridized carbons (Fsp3) is 0.500. The number of amides is 3. The molecule has 0 aliphatic rings. The Morgan fingerprint density at radius 3 is 2.00 bits per heavy atom. The smallest absolute Gasteiger partial charge is 0.326 e. The highest BCUT2D eigenvalue weighted by Gasteiger charge is 2.28. The number of hydrogen-bond acceptors (Lipinski definition) is 6. The van der Waals surface area contributed by atoms with Crippen LogP contribution >= 0.6 is 23.5 Å². The molecular formula is C20H29N3O5S2. The van der Waals surface area contributed by atoms with Crippen molar-refractivity contribution in [2.24, 2.45) is 0 Å². The van der Waals surface area contributed by atoms with Crippen LogP contribution in [0.5, 0.6) is 0 Å². The van der Waals surface area contributed by atoms with Gasteiger partial charge in [-0.05, 0) is 42.4 Å². The van der Waals surface area contributed by atoms with Crippen LogP contribution in [0.25, 0.3) is 0 Å². The molecule has 0 heterocycles. The van der Waals surface area contributed by atoms with Crippen molar-refractivity contribution in [1.82, 2.24) is 16.0 Å². The SMILES string of the molecule is CSCC[C@H](NC(=O)[C@H](Cc1ccccc1)NC(=O)[C@@H](CCSC)NC=O)C(=O)O. The summed E-state index contributed by atoms with van der Waals surface area (Å²) in [4.78, 5) is 47.9. The highest BCUT2D eigenvalue weighted by atomic mass is 32.2. The fourth-order valence-electron chi connectivity index (χ4n) is 2.70. The van der Waals surface area contributed by atoms with Crippen molar-refractivity contribution in [3.05, 3.63) is 35.9 Å². The predicted octanol–water partition coefficient (Wildman–Crippen LogP) is 0.904. The molecule has 3 atom stereocenters. The maximum atomic E-state index is 12.9. The molecule has 0 saturated carbocycles. The Morgan fingerprint density at radius 2 is 1.47 bits per heavy atom. The van der Waals surface area contributed by atoms with E-state index in [-0.39, 0.29) is 12.8 Å². The zero-order valence-electron chi connectivity index (χ0n) is 17.1. The Kier molecular flexibility index (Phi) is 12.7. The van der Waals surface area contributed by atoms with Crippen molar-refractivity contribution >= 4 is 47.7 Å². The van der Waals surface area contributed by atoms with Gasteiger partial charge < -0.3 is 21.1 Å². The number of carbonyl (C=O) groups excluding carboxylic acids is 3. The van der Waals surface area contributed by atoms with Gasteiger partial charge in [-0.25, -0.2) is 4.79 Å². The molecule has 0 fully saturated rings. The van der Waals surface area contributed by atoms with Crippen LogP contribution < -0.4 is 16.0 Å². The number of benzene rings is 1. The summed E-state index contributed by atoms with van der Waals surface area (Å²) in [5.41, 5.74) is 0.818. The van der Waals surface area contributed by atoms with Crippen molar-refractivity contribution in [2.45, 2.75) is 37.4 Å². The van der Waals surface area contributed by atoms with E-state index in [0.29, 0.717) is 24.3 Å². The van der Waals surface area contributed by atoms with Gasteiger partial charge in [0.2, 0.25) is 18.2 Å². The van der Waals surface area contributed by atoms with Crippen molar-refractivity contribution < 1.29 is 24.3 Å². The average molecular weight is 456 g/mol. The van der Waals surface area contributed by atoms with Gasteiger partial charge in [-0.15, -0.1) is 0 Å². The maximum Gasteiger partial charge on any atom is 0.326 e. The van der Waals surface area contributed by atoms with Crippen LogP contribution in [0.1, 0.15) is 18.4 Å². The van der Waals surface area contributed by atoms with Crippen molar-refractivity contribution in [1.29, 1.82) is 0 Å². The normalized spacial score (nSPS) is 13.5. The van der Waals surface area contributed by atoms with Crippen LogP contribution in [0.3, 0.4) is 0 Å². The molecule has 10 heteroatoms. The second-order valence-corrected chi connectivity index (χ2v) is 8.52. The third-order valence-corrected chi connectivity index (χ3v) is 5.63. The molecule has 8 nitrogen and oxygen atoms in total. The molecule has 0 unspecified atom stereocenters. The first-order valence-electron chi connectivity index (χ1n) is 9.48. The summed E-state index contributed by atoms with van der Waals surface area (Å²) >= 11 is 3.02. The topological polar surface area (TPSA) is 125 Å². The lowest BCUT2D eigenvalue weighted by molar-refractivity contribution is -0.142. The quantitative estimate of drug-likeness (QED) is 0.290. The molecule has 1 aromatic carbocycles. The highest BCUT2D eigenvalue weighted by molar-refractivity contribution is 7.98. The minimum atomic E-state index is -1.12. The summed E-state index contributed by atoms with van der Waals surface area (Å²) < 4.78 is 0. The molecule has 0 bridgehead atoms. The molecule has 0 spiro atoms. The standard InChI is InChI=1S/C20H29N3O5S2/c1-29-10-8-15(21-13-24)18(25)23-17(12-14-6-4-3-5-7-14)19(26)22-16(20(27)28)9-11-30-2/h3-7,13,15-17H,8-12H2,1-2H3,(H,21,24)(H,22,26)(H,23,25)(H,27,28)/t15-,16+,17+/m1/s1. The molecule has 0 saturated heterocycles. The number of hydrogen-bond donors (Lipinski definition) is 4. The molecule has 4 N–H and O–H groups in total. The minimum Gasteiger partial charge on any atom is -0.480 e. The fourth-order valence-corrected chi connectivity index (χ4v) is 3.65. The van der Waals surface area contributed by atoms with E-state index in [2.05, 4.69) is 16.0 Å². The summed E-state index contributed by atoms with van der Waals surface area (Å²) in [5, 5.41) is 17.1. The Labute approximate surface area is 185 Å². The average Bonchev–Trinajstić information content (AvgIpc) is 2.73. The number of thioether (sulfide) groups is 2. The Morgan fingerprint density at radius 1 is 0.933 bits per heavy atom. The number of carboxylic acid groups (broad SMARTS) is 1. The van der Waals surface area contributed by atoms with Gasteiger partial charge in [-0.3, -0.25) is 14.4 Å². The summed E-state index contributed by atoms with van der Waals surface area (Å²) in [5.74, 6) is -0.946. The Bertz CT molecular complexity index is 690. The molecule has 166 valence electrons.